The molecule has 0 saturated carbocycles. The number of carbonyl (C=O) groups is 1. The third-order valence-corrected chi connectivity index (χ3v) is 4.38. The van der Waals surface area contributed by atoms with Crippen molar-refractivity contribution in [3.8, 4) is 11.1 Å². The van der Waals surface area contributed by atoms with E-state index in [0.717, 1.165) is 28.6 Å². The van der Waals surface area contributed by atoms with Crippen LogP contribution in [0.5, 0.6) is 0 Å². The van der Waals surface area contributed by atoms with Gasteiger partial charge in [0, 0.05) is 36.8 Å². The number of Topliss-reactive ketones (excluding diaryl/α,β-unsaturated/α-hetero) is 1. The summed E-state index contributed by atoms with van der Waals surface area (Å²) in [6.45, 7) is 4.84. The number of hydrogen-bond acceptors (Lipinski definition) is 4. The summed E-state index contributed by atoms with van der Waals surface area (Å²) in [5.41, 5.74) is 4.72. The lowest BCUT2D eigenvalue weighted by Gasteiger charge is -2.30. The molecule has 3 aromatic rings. The van der Waals surface area contributed by atoms with Gasteiger partial charge in [-0.2, -0.15) is 5.10 Å². The van der Waals surface area contributed by atoms with Gasteiger partial charge >= 0.3 is 0 Å². The summed E-state index contributed by atoms with van der Waals surface area (Å²) >= 11 is 0. The second kappa shape index (κ2) is 5.59. The molecule has 0 bridgehead atoms. The van der Waals surface area contributed by atoms with Crippen LogP contribution in [-0.2, 0) is 6.54 Å². The fourth-order valence-electron chi connectivity index (χ4n) is 2.99. The minimum atomic E-state index is -0.0296. The van der Waals surface area contributed by atoms with Crippen molar-refractivity contribution in [1.82, 2.24) is 20.1 Å². The molecule has 0 spiro atoms. The molecular weight excluding hydrogens is 288 g/mol. The van der Waals surface area contributed by atoms with Crippen LogP contribution in [0.3, 0.4) is 0 Å². The van der Waals surface area contributed by atoms with Crippen molar-refractivity contribution in [3.63, 3.8) is 0 Å². The number of H-pyrrole nitrogens is 1. The molecule has 2 aromatic heterocycles. The minimum absolute atomic E-state index is 0.0296. The van der Waals surface area contributed by atoms with Crippen LogP contribution in [0.4, 0.5) is 0 Å². The molecule has 23 heavy (non-hydrogen) atoms. The number of nitrogens with one attached hydrogen (secondary N) is 1. The zero-order valence-electron chi connectivity index (χ0n) is 13.0. The predicted molar refractivity (Wildman–Crippen MR) is 89.2 cm³/mol. The third-order valence-electron chi connectivity index (χ3n) is 4.38. The normalized spacial score (nSPS) is 14.8. The monoisotopic (exact) mass is 306 g/mol. The molecule has 0 unspecified atom stereocenters. The lowest BCUT2D eigenvalue weighted by Crippen LogP contribution is -2.36. The quantitative estimate of drug-likeness (QED) is 0.753. The first kappa shape index (κ1) is 14.1. The van der Waals surface area contributed by atoms with Gasteiger partial charge in [-0.3, -0.25) is 19.8 Å². The number of fused-ring (bicyclic) bond motifs is 1. The minimum Gasteiger partial charge on any atom is -0.299 e. The first-order valence-electron chi connectivity index (χ1n) is 7.86. The van der Waals surface area contributed by atoms with E-state index in [1.807, 2.05) is 30.6 Å². The standard InChI is InChI=1S/C18H18N4O/c1-12(23)18-16-8-14(3-4-17(16)20-21-18)15-7-13(9-19-10-15)11-22-5-2-6-22/h3-4,7-10H,2,5-6,11H2,1H3,(H,20,21). The van der Waals surface area contributed by atoms with E-state index in [4.69, 9.17) is 0 Å². The smallest absolute Gasteiger partial charge is 0.180 e. The van der Waals surface area contributed by atoms with Gasteiger partial charge in [-0.15, -0.1) is 0 Å². The second-order valence-electron chi connectivity index (χ2n) is 6.10. The van der Waals surface area contributed by atoms with Gasteiger partial charge in [0.1, 0.15) is 5.69 Å². The number of aromatic nitrogens is 3. The van der Waals surface area contributed by atoms with Crippen molar-refractivity contribution in [2.24, 2.45) is 0 Å². The summed E-state index contributed by atoms with van der Waals surface area (Å²) in [7, 11) is 0. The number of rotatable bonds is 4. The van der Waals surface area contributed by atoms with Crippen molar-refractivity contribution >= 4 is 16.7 Å². The highest BCUT2D eigenvalue weighted by Gasteiger charge is 2.15. The van der Waals surface area contributed by atoms with Crippen molar-refractivity contribution < 1.29 is 4.79 Å². The van der Waals surface area contributed by atoms with Crippen LogP contribution in [-0.4, -0.2) is 39.0 Å². The zero-order chi connectivity index (χ0) is 15.8. The molecule has 1 N–H and O–H groups in total. The van der Waals surface area contributed by atoms with Crippen molar-refractivity contribution in [2.45, 2.75) is 19.9 Å². The van der Waals surface area contributed by atoms with E-state index in [9.17, 15) is 4.79 Å². The van der Waals surface area contributed by atoms with Crippen LogP contribution >= 0.6 is 0 Å². The highest BCUT2D eigenvalue weighted by Crippen LogP contribution is 2.26. The average molecular weight is 306 g/mol. The molecule has 1 aromatic carbocycles. The first-order valence-corrected chi connectivity index (χ1v) is 7.86. The Balaban J connectivity index is 1.71. The molecule has 0 aliphatic carbocycles. The molecule has 3 heterocycles. The summed E-state index contributed by atoms with van der Waals surface area (Å²) in [6, 6.07) is 8.20. The largest absolute Gasteiger partial charge is 0.299 e. The molecule has 5 heteroatoms. The van der Waals surface area contributed by atoms with E-state index < -0.39 is 0 Å². The van der Waals surface area contributed by atoms with Gasteiger partial charge in [-0.05, 0) is 48.8 Å². The van der Waals surface area contributed by atoms with E-state index in [-0.39, 0.29) is 5.78 Å². The Hall–Kier alpha value is -2.53. The maximum atomic E-state index is 11.7. The number of nitrogens with zero attached hydrogens (tertiary/aromatic N) is 3. The van der Waals surface area contributed by atoms with E-state index in [0.29, 0.717) is 5.69 Å². The number of benzene rings is 1. The number of carbonyl (C=O) groups excluding carboxylic acids is 1. The lowest BCUT2D eigenvalue weighted by molar-refractivity contribution is 0.101. The fourth-order valence-corrected chi connectivity index (χ4v) is 2.99. The Bertz CT molecular complexity index is 880. The van der Waals surface area contributed by atoms with Gasteiger partial charge < -0.3 is 0 Å². The van der Waals surface area contributed by atoms with Gasteiger partial charge in [0.05, 0.1) is 5.52 Å². The van der Waals surface area contributed by atoms with E-state index in [1.165, 1.54) is 32.0 Å². The molecule has 0 atom stereocenters. The zero-order valence-corrected chi connectivity index (χ0v) is 13.0. The topological polar surface area (TPSA) is 61.9 Å². The number of ketones is 1. The Kier molecular flexibility index (Phi) is 3.42. The Labute approximate surface area is 134 Å². The van der Waals surface area contributed by atoms with Gasteiger partial charge in [0.15, 0.2) is 5.78 Å². The lowest BCUT2D eigenvalue weighted by atomic mass is 10.0. The maximum Gasteiger partial charge on any atom is 0.180 e. The Morgan fingerprint density at radius 3 is 2.83 bits per heavy atom. The highest BCUT2D eigenvalue weighted by atomic mass is 16.1. The first-order chi connectivity index (χ1) is 11.2. The summed E-state index contributed by atoms with van der Waals surface area (Å²) in [5.74, 6) is -0.0296. The van der Waals surface area contributed by atoms with E-state index in [1.54, 1.807) is 0 Å². The second-order valence-corrected chi connectivity index (χ2v) is 6.10. The van der Waals surface area contributed by atoms with Crippen molar-refractivity contribution in [2.75, 3.05) is 13.1 Å². The molecule has 5 nitrogen and oxygen atoms in total. The SMILES string of the molecule is CC(=O)c1n[nH]c2ccc(-c3cncc(CN4CCC4)c3)cc12. The molecule has 1 saturated heterocycles. The Morgan fingerprint density at radius 2 is 2.09 bits per heavy atom. The van der Waals surface area contributed by atoms with Crippen molar-refractivity contribution in [1.29, 1.82) is 0 Å². The summed E-state index contributed by atoms with van der Waals surface area (Å²) in [4.78, 5) is 18.5. The van der Waals surface area contributed by atoms with Gasteiger partial charge in [-0.1, -0.05) is 6.07 Å². The van der Waals surface area contributed by atoms with Gasteiger partial charge in [-0.25, -0.2) is 0 Å². The number of pyridine rings is 1. The fraction of sp³-hybridized carbons (Fsp3) is 0.278. The highest BCUT2D eigenvalue weighted by molar-refractivity contribution is 6.05. The molecular formula is C18H18N4O. The maximum absolute atomic E-state index is 11.7. The molecule has 116 valence electrons. The Morgan fingerprint density at radius 1 is 1.22 bits per heavy atom. The van der Waals surface area contributed by atoms with Crippen LogP contribution < -0.4 is 0 Å². The van der Waals surface area contributed by atoms with Gasteiger partial charge in [0.2, 0.25) is 0 Å². The van der Waals surface area contributed by atoms with Crippen LogP contribution in [0.2, 0.25) is 0 Å². The van der Waals surface area contributed by atoms with E-state index in [2.05, 4.69) is 26.1 Å². The molecule has 1 aliphatic heterocycles. The summed E-state index contributed by atoms with van der Waals surface area (Å²) < 4.78 is 0. The van der Waals surface area contributed by atoms with Crippen LogP contribution in [0, 0.1) is 0 Å². The molecule has 0 amide bonds. The predicted octanol–water partition coefficient (Wildman–Crippen LogP) is 3.03. The van der Waals surface area contributed by atoms with Gasteiger partial charge in [0.25, 0.3) is 0 Å². The number of likely N-dealkylation sites (tertiary alicyclic amines) is 1. The molecule has 4 rings (SSSR count). The molecule has 0 radical (unpaired) electrons. The molecule has 1 fully saturated rings. The number of aromatic amines is 1. The van der Waals surface area contributed by atoms with Crippen LogP contribution in [0.15, 0.2) is 36.7 Å². The van der Waals surface area contributed by atoms with Crippen LogP contribution in [0.25, 0.3) is 22.0 Å². The van der Waals surface area contributed by atoms with Crippen molar-refractivity contribution in [3.05, 3.63) is 47.9 Å². The third kappa shape index (κ3) is 2.64. The summed E-state index contributed by atoms with van der Waals surface area (Å²) in [6.07, 6.45) is 5.09. The van der Waals surface area contributed by atoms with E-state index >= 15 is 0 Å². The average Bonchev–Trinajstić information content (AvgIpc) is 2.94. The number of hydrogen-bond donors (Lipinski definition) is 1. The molecule has 1 aliphatic rings. The summed E-state index contributed by atoms with van der Waals surface area (Å²) in [5, 5.41) is 7.88. The van der Waals surface area contributed by atoms with Crippen LogP contribution in [0.1, 0.15) is 29.4 Å².